The molecule has 0 saturated carbocycles. The molecule has 0 aliphatic rings. The predicted octanol–water partition coefficient (Wildman–Crippen LogP) is 3.39. The highest BCUT2D eigenvalue weighted by atomic mass is 19.1. The molecule has 0 aliphatic heterocycles. The minimum Gasteiger partial charge on any atom is -0.325 e. The van der Waals surface area contributed by atoms with Crippen molar-refractivity contribution in [1.29, 1.82) is 0 Å². The Bertz CT molecular complexity index is 657. The summed E-state index contributed by atoms with van der Waals surface area (Å²) in [4.78, 5) is 4.19. The zero-order valence-electron chi connectivity index (χ0n) is 11.7. The molecule has 2 rings (SSSR count). The molecule has 0 fully saturated rings. The van der Waals surface area contributed by atoms with Crippen LogP contribution >= 0.6 is 0 Å². The van der Waals surface area contributed by atoms with Gasteiger partial charge in [0.05, 0.1) is 0 Å². The van der Waals surface area contributed by atoms with E-state index in [1.54, 1.807) is 12.3 Å². The second-order valence-electron chi connectivity index (χ2n) is 4.92. The number of nitrogens with zero attached hydrogens (tertiary/aromatic N) is 2. The Labute approximate surface area is 113 Å². The summed E-state index contributed by atoms with van der Waals surface area (Å²) in [6.45, 7) is 5.91. The first-order valence-corrected chi connectivity index (χ1v) is 6.29. The fourth-order valence-corrected chi connectivity index (χ4v) is 1.81. The van der Waals surface area contributed by atoms with Gasteiger partial charge < -0.3 is 4.57 Å². The lowest BCUT2D eigenvalue weighted by molar-refractivity contribution is 0.598. The molecule has 1 aromatic heterocycles. The molecule has 0 bridgehead atoms. The average molecular weight is 256 g/mol. The van der Waals surface area contributed by atoms with Crippen molar-refractivity contribution >= 4 is 0 Å². The van der Waals surface area contributed by atoms with Gasteiger partial charge in [0.15, 0.2) is 5.82 Å². The third-order valence-electron chi connectivity index (χ3n) is 3.16. The van der Waals surface area contributed by atoms with Crippen LogP contribution in [0, 0.1) is 24.6 Å². The molecule has 1 aromatic carbocycles. The normalized spacial score (nSPS) is 10.4. The summed E-state index contributed by atoms with van der Waals surface area (Å²) in [5, 5.41) is 0. The van der Waals surface area contributed by atoms with Crippen molar-refractivity contribution in [2.24, 2.45) is 7.05 Å². The third kappa shape index (κ3) is 2.85. The maximum atomic E-state index is 13.8. The fraction of sp³-hybridized carbons (Fsp3) is 0.312. The van der Waals surface area contributed by atoms with Crippen molar-refractivity contribution < 1.29 is 4.39 Å². The van der Waals surface area contributed by atoms with Gasteiger partial charge in [0, 0.05) is 24.5 Å². The van der Waals surface area contributed by atoms with E-state index >= 15 is 0 Å². The Hall–Kier alpha value is -2.08. The topological polar surface area (TPSA) is 17.8 Å². The zero-order chi connectivity index (χ0) is 14.0. The van der Waals surface area contributed by atoms with Crippen molar-refractivity contribution in [2.75, 3.05) is 0 Å². The monoisotopic (exact) mass is 256 g/mol. The van der Waals surface area contributed by atoms with Gasteiger partial charge >= 0.3 is 0 Å². The summed E-state index contributed by atoms with van der Waals surface area (Å²) in [5.41, 5.74) is 2.44. The Morgan fingerprint density at radius 2 is 2.00 bits per heavy atom. The molecule has 0 N–H and O–H groups in total. The Morgan fingerprint density at radius 3 is 2.53 bits per heavy atom. The SMILES string of the molecule is Cc1cnc(C#Cc2ccc(C(C)C)c(F)c2)n1C. The van der Waals surface area contributed by atoms with Crippen LogP contribution in [0.4, 0.5) is 4.39 Å². The van der Waals surface area contributed by atoms with Gasteiger partial charge in [-0.15, -0.1) is 0 Å². The Balaban J connectivity index is 2.30. The maximum Gasteiger partial charge on any atom is 0.185 e. The van der Waals surface area contributed by atoms with Gasteiger partial charge in [-0.25, -0.2) is 9.37 Å². The summed E-state index contributed by atoms with van der Waals surface area (Å²) in [5.74, 6) is 6.58. The van der Waals surface area contributed by atoms with Crippen LogP contribution in [-0.2, 0) is 7.05 Å². The molecular formula is C16H17FN2. The lowest BCUT2D eigenvalue weighted by atomic mass is 10.0. The summed E-state index contributed by atoms with van der Waals surface area (Å²) >= 11 is 0. The van der Waals surface area contributed by atoms with Crippen LogP contribution in [0.25, 0.3) is 0 Å². The summed E-state index contributed by atoms with van der Waals surface area (Å²) in [6, 6.07) is 5.13. The highest BCUT2D eigenvalue weighted by molar-refractivity contribution is 5.41. The largest absolute Gasteiger partial charge is 0.325 e. The lowest BCUT2D eigenvalue weighted by Gasteiger charge is -2.06. The van der Waals surface area contributed by atoms with E-state index in [0.717, 1.165) is 11.3 Å². The summed E-state index contributed by atoms with van der Waals surface area (Å²) in [7, 11) is 1.91. The van der Waals surface area contributed by atoms with E-state index in [1.807, 2.05) is 38.5 Å². The molecule has 0 radical (unpaired) electrons. The van der Waals surface area contributed by atoms with Gasteiger partial charge in [0.25, 0.3) is 0 Å². The minimum atomic E-state index is -0.196. The number of hydrogen-bond donors (Lipinski definition) is 0. The van der Waals surface area contributed by atoms with Gasteiger partial charge in [0.1, 0.15) is 5.82 Å². The van der Waals surface area contributed by atoms with E-state index in [4.69, 9.17) is 0 Å². The number of rotatable bonds is 1. The molecule has 2 aromatic rings. The van der Waals surface area contributed by atoms with Crippen LogP contribution in [0.15, 0.2) is 24.4 Å². The standard InChI is InChI=1S/C16H17FN2/c1-11(2)14-7-5-13(9-15(14)17)6-8-16-18-10-12(3)19(16)4/h5,7,9-11H,1-4H3. The third-order valence-corrected chi connectivity index (χ3v) is 3.16. The van der Waals surface area contributed by atoms with E-state index in [-0.39, 0.29) is 11.7 Å². The van der Waals surface area contributed by atoms with E-state index in [2.05, 4.69) is 16.8 Å². The lowest BCUT2D eigenvalue weighted by Crippen LogP contribution is -1.95. The number of aryl methyl sites for hydroxylation is 1. The first-order valence-electron chi connectivity index (χ1n) is 6.29. The second-order valence-corrected chi connectivity index (χ2v) is 4.92. The molecular weight excluding hydrogens is 239 g/mol. The van der Waals surface area contributed by atoms with Gasteiger partial charge in [-0.3, -0.25) is 0 Å². The quantitative estimate of drug-likeness (QED) is 0.715. The number of halogens is 1. The molecule has 0 unspecified atom stereocenters. The number of imidazole rings is 1. The fourth-order valence-electron chi connectivity index (χ4n) is 1.81. The zero-order valence-corrected chi connectivity index (χ0v) is 11.7. The molecule has 2 nitrogen and oxygen atoms in total. The Morgan fingerprint density at radius 1 is 1.26 bits per heavy atom. The molecule has 98 valence electrons. The maximum absolute atomic E-state index is 13.8. The second kappa shape index (κ2) is 5.27. The van der Waals surface area contributed by atoms with E-state index in [0.29, 0.717) is 11.4 Å². The van der Waals surface area contributed by atoms with Crippen molar-refractivity contribution in [1.82, 2.24) is 9.55 Å². The van der Waals surface area contributed by atoms with Gasteiger partial charge in [-0.05, 0) is 36.5 Å². The van der Waals surface area contributed by atoms with E-state index < -0.39 is 0 Å². The molecule has 0 aliphatic carbocycles. The van der Waals surface area contributed by atoms with Crippen molar-refractivity contribution in [3.05, 3.63) is 52.9 Å². The molecule has 0 spiro atoms. The van der Waals surface area contributed by atoms with Crippen molar-refractivity contribution in [2.45, 2.75) is 26.7 Å². The summed E-state index contributed by atoms with van der Waals surface area (Å²) in [6.07, 6.45) is 1.77. The molecule has 1 heterocycles. The van der Waals surface area contributed by atoms with Gasteiger partial charge in [-0.2, -0.15) is 0 Å². The predicted molar refractivity (Wildman–Crippen MR) is 74.4 cm³/mol. The van der Waals surface area contributed by atoms with Crippen LogP contribution in [-0.4, -0.2) is 9.55 Å². The average Bonchev–Trinajstić information content (AvgIpc) is 2.67. The van der Waals surface area contributed by atoms with Crippen molar-refractivity contribution in [3.8, 4) is 11.8 Å². The molecule has 0 amide bonds. The first-order chi connectivity index (χ1) is 8.99. The number of aromatic nitrogens is 2. The Kier molecular flexibility index (Phi) is 3.71. The first kappa shape index (κ1) is 13.4. The van der Waals surface area contributed by atoms with Crippen molar-refractivity contribution in [3.63, 3.8) is 0 Å². The van der Waals surface area contributed by atoms with E-state index in [9.17, 15) is 4.39 Å². The van der Waals surface area contributed by atoms with Crippen LogP contribution in [0.3, 0.4) is 0 Å². The molecule has 0 atom stereocenters. The van der Waals surface area contributed by atoms with Crippen LogP contribution in [0.5, 0.6) is 0 Å². The highest BCUT2D eigenvalue weighted by Gasteiger charge is 2.06. The van der Waals surface area contributed by atoms with Gasteiger partial charge in [-0.1, -0.05) is 25.8 Å². The molecule has 19 heavy (non-hydrogen) atoms. The molecule has 0 saturated heterocycles. The van der Waals surface area contributed by atoms with Gasteiger partial charge in [0.2, 0.25) is 0 Å². The number of hydrogen-bond acceptors (Lipinski definition) is 1. The van der Waals surface area contributed by atoms with E-state index in [1.165, 1.54) is 6.07 Å². The van der Waals surface area contributed by atoms with Crippen LogP contribution in [0.2, 0.25) is 0 Å². The number of benzene rings is 1. The molecule has 3 heteroatoms. The smallest absolute Gasteiger partial charge is 0.185 e. The highest BCUT2D eigenvalue weighted by Crippen LogP contribution is 2.19. The van der Waals surface area contributed by atoms with Crippen LogP contribution in [0.1, 0.15) is 42.4 Å². The summed E-state index contributed by atoms with van der Waals surface area (Å²) < 4.78 is 15.7. The van der Waals surface area contributed by atoms with Crippen LogP contribution < -0.4 is 0 Å². The minimum absolute atomic E-state index is 0.180.